The Morgan fingerprint density at radius 2 is 2.31 bits per heavy atom. The molecule has 16 heavy (non-hydrogen) atoms. The number of hydrogen-bond acceptors (Lipinski definition) is 6. The fraction of sp³-hybridized carbons (Fsp3) is 0.125. The predicted molar refractivity (Wildman–Crippen MR) is 55.3 cm³/mol. The number of aromatic nitrogens is 1. The third-order valence-electron chi connectivity index (χ3n) is 1.61. The van der Waals surface area contributed by atoms with Gasteiger partial charge in [-0.1, -0.05) is 0 Å². The van der Waals surface area contributed by atoms with Gasteiger partial charge in [-0.15, -0.1) is 0 Å². The second kappa shape index (κ2) is 4.82. The van der Waals surface area contributed by atoms with Crippen LogP contribution in [0.25, 0.3) is 0 Å². The van der Waals surface area contributed by atoms with Gasteiger partial charge in [0.05, 0.1) is 4.92 Å². The molecule has 0 aliphatic carbocycles. The van der Waals surface area contributed by atoms with E-state index >= 15 is 0 Å². The summed E-state index contributed by atoms with van der Waals surface area (Å²) in [6, 6.07) is 2.57. The van der Waals surface area contributed by atoms with Gasteiger partial charge in [-0.3, -0.25) is 15.5 Å². The van der Waals surface area contributed by atoms with Gasteiger partial charge in [0, 0.05) is 6.07 Å². The Morgan fingerprint density at radius 1 is 1.62 bits per heavy atom. The first-order chi connectivity index (χ1) is 7.50. The van der Waals surface area contributed by atoms with Crippen LogP contribution in [0.5, 0.6) is 0 Å². The van der Waals surface area contributed by atoms with Gasteiger partial charge in [-0.25, -0.2) is 9.78 Å². The Morgan fingerprint density at radius 3 is 2.75 bits per heavy atom. The molecule has 0 atom stereocenters. The highest BCUT2D eigenvalue weighted by Gasteiger charge is 2.05. The zero-order valence-corrected chi connectivity index (χ0v) is 8.25. The minimum atomic E-state index is -1.16. The minimum Gasteiger partial charge on any atom is -0.477 e. The second-order valence-electron chi connectivity index (χ2n) is 2.77. The summed E-state index contributed by atoms with van der Waals surface area (Å²) in [5.41, 5.74) is 2.08. The smallest absolute Gasteiger partial charge is 0.351 e. The van der Waals surface area contributed by atoms with E-state index in [1.54, 1.807) is 0 Å². The van der Waals surface area contributed by atoms with Gasteiger partial charge >= 0.3 is 5.97 Å². The number of carbonyl (C=O) groups is 1. The summed E-state index contributed by atoms with van der Waals surface area (Å²) in [5, 5.41) is 22.3. The molecule has 84 valence electrons. The molecule has 0 bridgehead atoms. The zero-order valence-electron chi connectivity index (χ0n) is 8.25. The Balaban J connectivity index is 2.73. The molecule has 0 unspecified atom stereocenters. The molecule has 0 aliphatic heterocycles. The van der Waals surface area contributed by atoms with E-state index < -0.39 is 10.9 Å². The normalized spacial score (nSPS) is 10.9. The van der Waals surface area contributed by atoms with Crippen LogP contribution < -0.4 is 5.43 Å². The third kappa shape index (κ3) is 3.01. The summed E-state index contributed by atoms with van der Waals surface area (Å²) in [7, 11) is 0. The van der Waals surface area contributed by atoms with Gasteiger partial charge in [0.2, 0.25) is 0 Å². The van der Waals surface area contributed by atoms with Gasteiger partial charge in [-0.2, -0.15) is 5.10 Å². The van der Waals surface area contributed by atoms with Crippen molar-refractivity contribution in [2.45, 2.75) is 6.92 Å². The average molecular weight is 224 g/mol. The highest BCUT2D eigenvalue weighted by molar-refractivity contribution is 6.34. The van der Waals surface area contributed by atoms with Crippen LogP contribution in [-0.4, -0.2) is 26.7 Å². The van der Waals surface area contributed by atoms with Gasteiger partial charge in [0.1, 0.15) is 17.7 Å². The third-order valence-corrected chi connectivity index (χ3v) is 1.61. The largest absolute Gasteiger partial charge is 0.477 e. The second-order valence-corrected chi connectivity index (χ2v) is 2.77. The number of nitro groups is 1. The van der Waals surface area contributed by atoms with Crippen LogP contribution in [0.1, 0.15) is 6.92 Å². The molecule has 0 radical (unpaired) electrons. The van der Waals surface area contributed by atoms with Crippen molar-refractivity contribution in [3.63, 3.8) is 0 Å². The van der Waals surface area contributed by atoms with E-state index in [2.05, 4.69) is 15.5 Å². The fourth-order valence-electron chi connectivity index (χ4n) is 0.749. The summed E-state index contributed by atoms with van der Waals surface area (Å²) < 4.78 is 0. The molecule has 1 rings (SSSR count). The molecule has 0 saturated heterocycles. The summed E-state index contributed by atoms with van der Waals surface area (Å²) in [6.45, 7) is 1.31. The molecule has 0 spiro atoms. The summed E-state index contributed by atoms with van der Waals surface area (Å²) >= 11 is 0. The van der Waals surface area contributed by atoms with Crippen molar-refractivity contribution in [3.05, 3.63) is 28.4 Å². The van der Waals surface area contributed by atoms with Crippen LogP contribution >= 0.6 is 0 Å². The highest BCUT2D eigenvalue weighted by Crippen LogP contribution is 2.11. The lowest BCUT2D eigenvalue weighted by Crippen LogP contribution is -2.10. The number of hydrazone groups is 1. The number of anilines is 1. The first kappa shape index (κ1) is 11.6. The molecular formula is C8H8N4O4. The Labute approximate surface area is 89.8 Å². The molecule has 8 nitrogen and oxygen atoms in total. The molecule has 0 fully saturated rings. The number of rotatable bonds is 4. The fourth-order valence-corrected chi connectivity index (χ4v) is 0.749. The van der Waals surface area contributed by atoms with E-state index in [-0.39, 0.29) is 17.2 Å². The van der Waals surface area contributed by atoms with Crippen molar-refractivity contribution in [2.75, 3.05) is 5.43 Å². The maximum Gasteiger partial charge on any atom is 0.351 e. The monoisotopic (exact) mass is 224 g/mol. The lowest BCUT2D eigenvalue weighted by atomic mass is 10.4. The number of carboxylic acid groups (broad SMARTS) is 1. The number of nitrogens with zero attached hydrogens (tertiary/aromatic N) is 3. The average Bonchev–Trinajstić information content (AvgIpc) is 2.26. The Kier molecular flexibility index (Phi) is 3.49. The lowest BCUT2D eigenvalue weighted by molar-refractivity contribution is -0.385. The van der Waals surface area contributed by atoms with Gasteiger partial charge in [0.15, 0.2) is 0 Å². The standard InChI is InChI=1S/C8H8N4O4/c1-5(8(13)14)10-11-7-3-2-6(4-9-7)12(15)16/h2-4H,1H3,(H,9,11)(H,13,14)/b10-5-. The maximum absolute atomic E-state index is 10.4. The maximum atomic E-state index is 10.4. The molecule has 0 saturated carbocycles. The molecule has 0 aliphatic rings. The first-order valence-electron chi connectivity index (χ1n) is 4.14. The van der Waals surface area contributed by atoms with Crippen molar-refractivity contribution in [1.29, 1.82) is 0 Å². The SMILES string of the molecule is C/C(=N/Nc1ccc([N+](=O)[O-])cn1)C(=O)O. The van der Waals surface area contributed by atoms with Crippen molar-refractivity contribution in [2.24, 2.45) is 5.10 Å². The van der Waals surface area contributed by atoms with Gasteiger partial charge < -0.3 is 5.11 Å². The summed E-state index contributed by atoms with van der Waals surface area (Å²) in [5.74, 6) is -0.930. The van der Waals surface area contributed by atoms with Crippen molar-refractivity contribution >= 4 is 23.2 Å². The predicted octanol–water partition coefficient (Wildman–Crippen LogP) is 0.862. The minimum absolute atomic E-state index is 0.139. The van der Waals surface area contributed by atoms with E-state index in [4.69, 9.17) is 5.11 Å². The molecule has 1 aromatic heterocycles. The molecule has 0 aromatic carbocycles. The van der Waals surface area contributed by atoms with Crippen LogP contribution in [-0.2, 0) is 4.79 Å². The van der Waals surface area contributed by atoms with E-state index in [1.165, 1.54) is 19.1 Å². The molecular weight excluding hydrogens is 216 g/mol. The molecule has 8 heteroatoms. The number of hydrogen-bond donors (Lipinski definition) is 2. The molecule has 0 amide bonds. The van der Waals surface area contributed by atoms with E-state index in [1.807, 2.05) is 0 Å². The van der Waals surface area contributed by atoms with Gasteiger partial charge in [-0.05, 0) is 13.0 Å². The number of aliphatic carboxylic acids is 1. The number of pyridine rings is 1. The van der Waals surface area contributed by atoms with Crippen LogP contribution in [0.15, 0.2) is 23.4 Å². The molecule has 1 heterocycles. The van der Waals surface area contributed by atoms with Crippen molar-refractivity contribution < 1.29 is 14.8 Å². The van der Waals surface area contributed by atoms with E-state index in [0.717, 1.165) is 6.20 Å². The quantitative estimate of drug-likeness (QED) is 0.445. The first-order valence-corrected chi connectivity index (χ1v) is 4.14. The van der Waals surface area contributed by atoms with E-state index in [9.17, 15) is 14.9 Å². The Bertz CT molecular complexity index is 440. The van der Waals surface area contributed by atoms with Crippen LogP contribution in [0.4, 0.5) is 11.5 Å². The zero-order chi connectivity index (χ0) is 12.1. The van der Waals surface area contributed by atoms with Crippen molar-refractivity contribution in [3.8, 4) is 0 Å². The molecule has 2 N–H and O–H groups in total. The number of nitrogens with one attached hydrogen (secondary N) is 1. The highest BCUT2D eigenvalue weighted by atomic mass is 16.6. The van der Waals surface area contributed by atoms with Crippen LogP contribution in [0.3, 0.4) is 0 Å². The van der Waals surface area contributed by atoms with Crippen molar-refractivity contribution in [1.82, 2.24) is 4.98 Å². The summed E-state index contributed by atoms with van der Waals surface area (Å²) in [6.07, 6.45) is 1.05. The topological polar surface area (TPSA) is 118 Å². The van der Waals surface area contributed by atoms with Crippen LogP contribution in [0.2, 0.25) is 0 Å². The van der Waals surface area contributed by atoms with Crippen LogP contribution in [0, 0.1) is 10.1 Å². The molecule has 1 aromatic rings. The summed E-state index contributed by atoms with van der Waals surface area (Å²) in [4.78, 5) is 23.8. The Hall–Kier alpha value is -2.51. The number of carboxylic acids is 1. The van der Waals surface area contributed by atoms with Gasteiger partial charge in [0.25, 0.3) is 5.69 Å². The van der Waals surface area contributed by atoms with E-state index in [0.29, 0.717) is 0 Å². The lowest BCUT2D eigenvalue weighted by Gasteiger charge is -1.98.